The molecule has 0 saturated carbocycles. The minimum absolute atomic E-state index is 0.0249. The number of hydrogen-bond acceptors (Lipinski definition) is 3. The van der Waals surface area contributed by atoms with Crippen molar-refractivity contribution in [1.29, 1.82) is 0 Å². The molecule has 116 valence electrons. The molecule has 2 aromatic rings. The molecule has 0 aliphatic carbocycles. The van der Waals surface area contributed by atoms with Crippen molar-refractivity contribution in [1.82, 2.24) is 10.6 Å². The van der Waals surface area contributed by atoms with E-state index in [1.807, 2.05) is 43.3 Å². The number of benzene rings is 1. The number of carbonyl (C=O) groups excluding carboxylic acids is 1. The molecule has 1 saturated heterocycles. The molecule has 1 amide bonds. The highest BCUT2D eigenvalue weighted by Gasteiger charge is 2.14. The van der Waals surface area contributed by atoms with Gasteiger partial charge in [-0.25, -0.2) is 0 Å². The van der Waals surface area contributed by atoms with Crippen LogP contribution in [0, 0.1) is 6.92 Å². The number of furan rings is 1. The molecule has 2 N–H and O–H groups in total. The van der Waals surface area contributed by atoms with Crippen molar-refractivity contribution in [3.8, 4) is 11.3 Å². The van der Waals surface area contributed by atoms with E-state index in [0.717, 1.165) is 30.0 Å². The molecule has 1 aliphatic rings. The first-order chi connectivity index (χ1) is 10.7. The fourth-order valence-electron chi connectivity index (χ4n) is 2.87. The zero-order chi connectivity index (χ0) is 15.4. The number of rotatable bonds is 5. The molecule has 1 atom stereocenters. The Kier molecular flexibility index (Phi) is 4.59. The first-order valence-electron chi connectivity index (χ1n) is 7.91. The summed E-state index contributed by atoms with van der Waals surface area (Å²) < 4.78 is 5.61. The van der Waals surface area contributed by atoms with Crippen molar-refractivity contribution < 1.29 is 9.21 Å². The van der Waals surface area contributed by atoms with Gasteiger partial charge in [-0.3, -0.25) is 4.79 Å². The van der Waals surface area contributed by atoms with E-state index in [-0.39, 0.29) is 5.91 Å². The number of nitrogens with one attached hydrogen (secondary N) is 2. The second-order valence-electron chi connectivity index (χ2n) is 5.83. The third-order valence-electron chi connectivity index (χ3n) is 4.09. The smallest absolute Gasteiger partial charge is 0.251 e. The molecule has 1 aliphatic heterocycles. The van der Waals surface area contributed by atoms with E-state index >= 15 is 0 Å². The summed E-state index contributed by atoms with van der Waals surface area (Å²) in [5, 5.41) is 6.44. The van der Waals surface area contributed by atoms with Gasteiger partial charge < -0.3 is 15.1 Å². The van der Waals surface area contributed by atoms with Gasteiger partial charge in [0.15, 0.2) is 0 Å². The lowest BCUT2D eigenvalue weighted by atomic mass is 10.1. The molecule has 0 spiro atoms. The van der Waals surface area contributed by atoms with Crippen LogP contribution >= 0.6 is 0 Å². The summed E-state index contributed by atoms with van der Waals surface area (Å²) in [7, 11) is 0. The summed E-state index contributed by atoms with van der Waals surface area (Å²) >= 11 is 0. The quantitative estimate of drug-likeness (QED) is 0.891. The molecule has 4 nitrogen and oxygen atoms in total. The lowest BCUT2D eigenvalue weighted by Gasteiger charge is -2.11. The third-order valence-corrected chi connectivity index (χ3v) is 4.09. The van der Waals surface area contributed by atoms with Crippen LogP contribution in [0.3, 0.4) is 0 Å². The number of hydrogen-bond donors (Lipinski definition) is 2. The Hall–Kier alpha value is -2.07. The van der Waals surface area contributed by atoms with Crippen LogP contribution in [-0.4, -0.2) is 25.0 Å². The molecule has 3 rings (SSSR count). The summed E-state index contributed by atoms with van der Waals surface area (Å²) in [4.78, 5) is 12.2. The number of aryl methyl sites for hydroxylation is 1. The van der Waals surface area contributed by atoms with Crippen LogP contribution in [0.25, 0.3) is 11.3 Å². The Morgan fingerprint density at radius 2 is 2.27 bits per heavy atom. The van der Waals surface area contributed by atoms with Gasteiger partial charge in [0, 0.05) is 23.7 Å². The first-order valence-corrected chi connectivity index (χ1v) is 7.91. The van der Waals surface area contributed by atoms with E-state index < -0.39 is 0 Å². The topological polar surface area (TPSA) is 54.3 Å². The van der Waals surface area contributed by atoms with Gasteiger partial charge in [-0.15, -0.1) is 0 Å². The Bertz CT molecular complexity index is 642. The minimum Gasteiger partial charge on any atom is -0.461 e. The van der Waals surface area contributed by atoms with Crippen molar-refractivity contribution in [3.63, 3.8) is 0 Å². The van der Waals surface area contributed by atoms with Crippen LogP contribution in [0.1, 0.15) is 35.4 Å². The second kappa shape index (κ2) is 6.79. The van der Waals surface area contributed by atoms with Crippen LogP contribution in [-0.2, 0) is 0 Å². The maximum atomic E-state index is 12.2. The van der Waals surface area contributed by atoms with E-state index in [0.29, 0.717) is 18.2 Å². The molecular weight excluding hydrogens is 276 g/mol. The first kappa shape index (κ1) is 14.9. The molecule has 1 fully saturated rings. The Morgan fingerprint density at radius 1 is 1.36 bits per heavy atom. The average Bonchev–Trinajstić information content (AvgIpc) is 3.19. The summed E-state index contributed by atoms with van der Waals surface area (Å²) in [5.74, 6) is 1.64. The van der Waals surface area contributed by atoms with Gasteiger partial charge >= 0.3 is 0 Å². The van der Waals surface area contributed by atoms with E-state index in [9.17, 15) is 4.79 Å². The summed E-state index contributed by atoms with van der Waals surface area (Å²) in [6.07, 6.45) is 3.44. The molecule has 1 aromatic heterocycles. The van der Waals surface area contributed by atoms with E-state index in [1.54, 1.807) is 0 Å². The number of amides is 1. The highest BCUT2D eigenvalue weighted by atomic mass is 16.3. The normalized spacial score (nSPS) is 17.6. The maximum Gasteiger partial charge on any atom is 0.251 e. The SMILES string of the molecule is Cc1ccc(-c2cccc(C(=O)NCC[C@@H]3CCCN3)c2)o1. The monoisotopic (exact) mass is 298 g/mol. The fourth-order valence-corrected chi connectivity index (χ4v) is 2.87. The minimum atomic E-state index is -0.0249. The van der Waals surface area contributed by atoms with Gasteiger partial charge in [0.2, 0.25) is 0 Å². The van der Waals surface area contributed by atoms with E-state index in [4.69, 9.17) is 4.42 Å². The standard InChI is InChI=1S/C18H22N2O2/c1-13-7-8-17(22-13)14-4-2-5-15(12-14)18(21)20-11-9-16-6-3-10-19-16/h2,4-5,7-8,12,16,19H,3,6,9-11H2,1H3,(H,20,21)/t16-/m0/s1. The lowest BCUT2D eigenvalue weighted by Crippen LogP contribution is -2.30. The third kappa shape index (κ3) is 3.57. The Labute approximate surface area is 130 Å². The van der Waals surface area contributed by atoms with Crippen LogP contribution in [0.4, 0.5) is 0 Å². The molecule has 1 aromatic carbocycles. The average molecular weight is 298 g/mol. The van der Waals surface area contributed by atoms with Crippen molar-refractivity contribution in [2.75, 3.05) is 13.1 Å². The zero-order valence-corrected chi connectivity index (χ0v) is 12.9. The Morgan fingerprint density at radius 3 is 3.00 bits per heavy atom. The van der Waals surface area contributed by atoms with Crippen LogP contribution in [0.5, 0.6) is 0 Å². The highest BCUT2D eigenvalue weighted by molar-refractivity contribution is 5.95. The lowest BCUT2D eigenvalue weighted by molar-refractivity contribution is 0.0952. The fraction of sp³-hybridized carbons (Fsp3) is 0.389. The molecule has 0 bridgehead atoms. The molecule has 2 heterocycles. The summed E-state index contributed by atoms with van der Waals surface area (Å²) in [6, 6.07) is 12.0. The second-order valence-corrected chi connectivity index (χ2v) is 5.83. The van der Waals surface area contributed by atoms with Gasteiger partial charge in [-0.05, 0) is 57.0 Å². The van der Waals surface area contributed by atoms with Gasteiger partial charge in [0.1, 0.15) is 11.5 Å². The highest BCUT2D eigenvalue weighted by Crippen LogP contribution is 2.22. The molecule has 22 heavy (non-hydrogen) atoms. The zero-order valence-electron chi connectivity index (χ0n) is 12.9. The summed E-state index contributed by atoms with van der Waals surface area (Å²) in [5.41, 5.74) is 1.60. The largest absolute Gasteiger partial charge is 0.461 e. The van der Waals surface area contributed by atoms with Crippen LogP contribution < -0.4 is 10.6 Å². The molecule has 0 radical (unpaired) electrons. The van der Waals surface area contributed by atoms with Crippen molar-refractivity contribution in [3.05, 3.63) is 47.7 Å². The van der Waals surface area contributed by atoms with Crippen LogP contribution in [0.2, 0.25) is 0 Å². The van der Waals surface area contributed by atoms with Crippen LogP contribution in [0.15, 0.2) is 40.8 Å². The molecular formula is C18H22N2O2. The van der Waals surface area contributed by atoms with Crippen molar-refractivity contribution in [2.45, 2.75) is 32.2 Å². The van der Waals surface area contributed by atoms with Crippen molar-refractivity contribution in [2.24, 2.45) is 0 Å². The Balaban J connectivity index is 1.60. The number of carbonyl (C=O) groups is 1. The van der Waals surface area contributed by atoms with Gasteiger partial charge in [0.05, 0.1) is 0 Å². The maximum absolute atomic E-state index is 12.2. The van der Waals surface area contributed by atoms with E-state index in [2.05, 4.69) is 10.6 Å². The van der Waals surface area contributed by atoms with Crippen molar-refractivity contribution >= 4 is 5.91 Å². The van der Waals surface area contributed by atoms with Gasteiger partial charge in [-0.2, -0.15) is 0 Å². The van der Waals surface area contributed by atoms with Gasteiger partial charge in [0.25, 0.3) is 5.91 Å². The summed E-state index contributed by atoms with van der Waals surface area (Å²) in [6.45, 7) is 3.72. The van der Waals surface area contributed by atoms with E-state index in [1.165, 1.54) is 12.8 Å². The molecule has 0 unspecified atom stereocenters. The predicted molar refractivity (Wildman–Crippen MR) is 86.9 cm³/mol. The van der Waals surface area contributed by atoms with Gasteiger partial charge in [-0.1, -0.05) is 12.1 Å². The predicted octanol–water partition coefficient (Wildman–Crippen LogP) is 3.13. The molecule has 4 heteroatoms.